The van der Waals surface area contributed by atoms with Crippen LogP contribution in [0, 0.1) is 11.8 Å². The Morgan fingerprint density at radius 2 is 1.79 bits per heavy atom. The van der Waals surface area contributed by atoms with E-state index in [1.54, 1.807) is 22.8 Å². The molecule has 0 bridgehead atoms. The highest BCUT2D eigenvalue weighted by Gasteiger charge is 2.34. The fraction of sp³-hybridized carbons (Fsp3) is 0.310. The molecule has 13 heteroatoms. The van der Waals surface area contributed by atoms with E-state index in [0.29, 0.717) is 30.0 Å². The molecule has 0 radical (unpaired) electrons. The smallest absolute Gasteiger partial charge is 0.361 e. The second-order valence-corrected chi connectivity index (χ2v) is 10.2. The lowest BCUT2D eigenvalue weighted by atomic mass is 10.0. The van der Waals surface area contributed by atoms with E-state index in [1.165, 1.54) is 18.3 Å². The van der Waals surface area contributed by atoms with Crippen molar-refractivity contribution in [3.8, 4) is 11.8 Å². The topological polar surface area (TPSA) is 93.9 Å². The molecule has 5 rings (SSSR count). The molecular formula is C29H30F3N9O. The van der Waals surface area contributed by atoms with Gasteiger partial charge in [0, 0.05) is 64.3 Å². The molecule has 3 aromatic heterocycles. The molecule has 4 heterocycles. The van der Waals surface area contributed by atoms with Gasteiger partial charge in [0.1, 0.15) is 17.3 Å². The number of rotatable bonds is 5. The van der Waals surface area contributed by atoms with Crippen molar-refractivity contribution in [3.05, 3.63) is 77.2 Å². The van der Waals surface area contributed by atoms with Crippen LogP contribution in [0.25, 0.3) is 5.65 Å². The normalized spacial score (nSPS) is 14.3. The molecular weight excluding hydrogens is 547 g/mol. The van der Waals surface area contributed by atoms with Gasteiger partial charge in [-0.25, -0.2) is 19.3 Å². The van der Waals surface area contributed by atoms with Crippen LogP contribution in [0.15, 0.2) is 54.9 Å². The van der Waals surface area contributed by atoms with Gasteiger partial charge in [-0.15, -0.1) is 5.10 Å². The lowest BCUT2D eigenvalue weighted by molar-refractivity contribution is -0.138. The summed E-state index contributed by atoms with van der Waals surface area (Å²) in [6.45, 7) is 3.18. The number of imidazole rings is 1. The number of pyridine rings is 1. The van der Waals surface area contributed by atoms with E-state index in [0.717, 1.165) is 25.0 Å². The summed E-state index contributed by atoms with van der Waals surface area (Å²) in [7, 11) is 5.76. The van der Waals surface area contributed by atoms with Crippen molar-refractivity contribution in [2.45, 2.75) is 12.7 Å². The Labute approximate surface area is 241 Å². The zero-order valence-electron chi connectivity index (χ0n) is 23.4. The maximum absolute atomic E-state index is 13.9. The number of carbonyl (C=O) groups excluding carboxylic acids is 1. The highest BCUT2D eigenvalue weighted by molar-refractivity contribution is 5.99. The summed E-state index contributed by atoms with van der Waals surface area (Å²) >= 11 is 0. The quantitative estimate of drug-likeness (QED) is 0.347. The van der Waals surface area contributed by atoms with Gasteiger partial charge < -0.3 is 15.1 Å². The lowest BCUT2D eigenvalue weighted by Crippen LogP contribution is -2.44. The predicted octanol–water partition coefficient (Wildman–Crippen LogP) is 4.00. The molecule has 4 aromatic rings. The second kappa shape index (κ2) is 12.1. The lowest BCUT2D eigenvalue weighted by Gasteiger charge is -2.33. The Morgan fingerprint density at radius 3 is 2.52 bits per heavy atom. The zero-order valence-corrected chi connectivity index (χ0v) is 23.4. The Morgan fingerprint density at radius 1 is 1.00 bits per heavy atom. The standard InChI is InChI=1S/C29H30F3N9O/c1-38(2)27-9-8-26-34-18-23(41(26)37-27)7-4-20-10-11-33-25(16-20)36-28(42)35-22-6-5-21(24(17-22)29(30,31)32)19-40-14-12-39(3)13-15-40/h5-6,8-11,16-18H,12-15,19H2,1-3H3,(H2,33,35,36,42). The van der Waals surface area contributed by atoms with E-state index in [4.69, 9.17) is 0 Å². The van der Waals surface area contributed by atoms with Crippen LogP contribution >= 0.6 is 0 Å². The Hall–Kier alpha value is -4.67. The van der Waals surface area contributed by atoms with Crippen molar-refractivity contribution < 1.29 is 18.0 Å². The van der Waals surface area contributed by atoms with Crippen LogP contribution in [0.1, 0.15) is 22.4 Å². The van der Waals surface area contributed by atoms with Crippen LogP contribution < -0.4 is 15.5 Å². The average Bonchev–Trinajstić information content (AvgIpc) is 3.36. The van der Waals surface area contributed by atoms with E-state index in [9.17, 15) is 18.0 Å². The summed E-state index contributed by atoms with van der Waals surface area (Å²) < 4.78 is 43.3. The highest BCUT2D eigenvalue weighted by Crippen LogP contribution is 2.34. The van der Waals surface area contributed by atoms with Crippen LogP contribution in [-0.4, -0.2) is 82.7 Å². The number of nitrogens with zero attached hydrogens (tertiary/aromatic N) is 7. The third kappa shape index (κ3) is 6.96. The number of halogens is 3. The molecule has 1 aliphatic heterocycles. The maximum Gasteiger partial charge on any atom is 0.416 e. The first kappa shape index (κ1) is 28.8. The van der Waals surface area contributed by atoms with Crippen LogP contribution in [0.3, 0.4) is 0 Å². The SMILES string of the molecule is CN1CCN(Cc2ccc(NC(=O)Nc3cc(C#Cc4cnc5ccc(N(C)C)nn45)ccn3)cc2C(F)(F)F)CC1. The molecule has 0 spiro atoms. The third-order valence-electron chi connectivity index (χ3n) is 6.81. The van der Waals surface area contributed by atoms with Gasteiger partial charge in [-0.2, -0.15) is 13.2 Å². The first-order valence-corrected chi connectivity index (χ1v) is 13.2. The summed E-state index contributed by atoms with van der Waals surface area (Å²) in [5, 5.41) is 9.56. The van der Waals surface area contributed by atoms with Gasteiger partial charge in [-0.05, 0) is 54.9 Å². The van der Waals surface area contributed by atoms with Crippen LogP contribution in [0.5, 0.6) is 0 Å². The number of alkyl halides is 3. The fourth-order valence-corrected chi connectivity index (χ4v) is 4.48. The van der Waals surface area contributed by atoms with Crippen LogP contribution in [0.4, 0.5) is 35.3 Å². The minimum absolute atomic E-state index is 0.0232. The Balaban J connectivity index is 1.27. The number of fused-ring (bicyclic) bond motifs is 1. The van der Waals surface area contributed by atoms with E-state index < -0.39 is 17.8 Å². The summed E-state index contributed by atoms with van der Waals surface area (Å²) in [4.78, 5) is 27.1. The van der Waals surface area contributed by atoms with E-state index in [2.05, 4.69) is 42.4 Å². The number of nitrogens with one attached hydrogen (secondary N) is 2. The fourth-order valence-electron chi connectivity index (χ4n) is 4.48. The molecule has 2 amide bonds. The number of likely N-dealkylation sites (N-methyl/N-ethyl adjacent to an activating group) is 1. The summed E-state index contributed by atoms with van der Waals surface area (Å²) in [5.74, 6) is 6.97. The van der Waals surface area contributed by atoms with Crippen molar-refractivity contribution >= 4 is 29.0 Å². The molecule has 1 saturated heterocycles. The minimum atomic E-state index is -4.56. The third-order valence-corrected chi connectivity index (χ3v) is 6.81. The maximum atomic E-state index is 13.9. The molecule has 0 atom stereocenters. The van der Waals surface area contributed by atoms with Crippen molar-refractivity contribution in [2.75, 3.05) is 62.9 Å². The molecule has 10 nitrogen and oxygen atoms in total. The number of urea groups is 1. The summed E-state index contributed by atoms with van der Waals surface area (Å²) in [5.41, 5.74) is 1.22. The van der Waals surface area contributed by atoms with Crippen LogP contribution in [-0.2, 0) is 12.7 Å². The van der Waals surface area contributed by atoms with Gasteiger partial charge in [0.05, 0.1) is 11.8 Å². The molecule has 1 aliphatic rings. The molecule has 0 saturated carbocycles. The van der Waals surface area contributed by atoms with Crippen LogP contribution in [0.2, 0.25) is 0 Å². The van der Waals surface area contributed by atoms with E-state index >= 15 is 0 Å². The summed E-state index contributed by atoms with van der Waals surface area (Å²) in [6, 6.07) is 10.1. The molecule has 1 aromatic carbocycles. The molecule has 42 heavy (non-hydrogen) atoms. The summed E-state index contributed by atoms with van der Waals surface area (Å²) in [6.07, 6.45) is -1.46. The number of hydrogen-bond acceptors (Lipinski definition) is 7. The van der Waals surface area contributed by atoms with E-state index in [1.807, 2.05) is 43.1 Å². The highest BCUT2D eigenvalue weighted by atomic mass is 19.4. The minimum Gasteiger partial charge on any atom is -0.361 e. The van der Waals surface area contributed by atoms with Crippen molar-refractivity contribution in [2.24, 2.45) is 0 Å². The number of carbonyl (C=O) groups is 1. The first-order valence-electron chi connectivity index (χ1n) is 13.2. The van der Waals surface area contributed by atoms with Gasteiger partial charge in [0.25, 0.3) is 0 Å². The van der Waals surface area contributed by atoms with Crippen molar-refractivity contribution in [1.82, 2.24) is 29.4 Å². The monoisotopic (exact) mass is 577 g/mol. The number of aromatic nitrogens is 4. The van der Waals surface area contributed by atoms with Gasteiger partial charge in [-0.3, -0.25) is 10.2 Å². The second-order valence-electron chi connectivity index (χ2n) is 10.2. The Bertz CT molecular complexity index is 1650. The van der Waals surface area contributed by atoms with Crippen molar-refractivity contribution in [3.63, 3.8) is 0 Å². The predicted molar refractivity (Wildman–Crippen MR) is 154 cm³/mol. The first-order chi connectivity index (χ1) is 20.0. The molecule has 0 aliphatic carbocycles. The number of benzene rings is 1. The van der Waals surface area contributed by atoms with E-state index in [-0.39, 0.29) is 23.6 Å². The number of amides is 2. The van der Waals surface area contributed by atoms with Gasteiger partial charge in [0.2, 0.25) is 0 Å². The molecule has 218 valence electrons. The van der Waals surface area contributed by atoms with Crippen molar-refractivity contribution in [1.29, 1.82) is 0 Å². The van der Waals surface area contributed by atoms with Gasteiger partial charge in [0.15, 0.2) is 5.65 Å². The van der Waals surface area contributed by atoms with Gasteiger partial charge >= 0.3 is 12.2 Å². The number of piperazine rings is 1. The molecule has 2 N–H and O–H groups in total. The molecule has 0 unspecified atom stereocenters. The average molecular weight is 578 g/mol. The number of anilines is 3. The van der Waals surface area contributed by atoms with Gasteiger partial charge in [-0.1, -0.05) is 12.0 Å². The zero-order chi connectivity index (χ0) is 29.9. The molecule has 1 fully saturated rings. The number of hydrogen-bond donors (Lipinski definition) is 2. The largest absolute Gasteiger partial charge is 0.416 e. The Kier molecular flexibility index (Phi) is 8.28.